The number of anilines is 1. The number of H-pyrrole nitrogens is 1. The van der Waals surface area contributed by atoms with Gasteiger partial charge in [0.05, 0.1) is 23.7 Å². The van der Waals surface area contributed by atoms with Crippen LogP contribution in [-0.2, 0) is 10.0 Å². The van der Waals surface area contributed by atoms with Crippen LogP contribution in [0.4, 0.5) is 10.1 Å². The number of nitrogens with zero attached hydrogens (tertiary/aromatic N) is 2. The predicted octanol–water partition coefficient (Wildman–Crippen LogP) is 4.16. The minimum Gasteiger partial charge on any atom is -0.281 e. The maximum atomic E-state index is 14.5. The van der Waals surface area contributed by atoms with E-state index in [1.165, 1.54) is 6.07 Å². The monoisotopic (exact) mass is 406 g/mol. The molecule has 0 radical (unpaired) electrons. The predicted molar refractivity (Wildman–Crippen MR) is 103 cm³/mol. The fourth-order valence-electron chi connectivity index (χ4n) is 3.05. The summed E-state index contributed by atoms with van der Waals surface area (Å²) in [5.74, 6) is -0.931. The summed E-state index contributed by atoms with van der Waals surface area (Å²) in [6.45, 7) is 0. The normalized spacial score (nSPS) is 12.7. The molecule has 0 saturated carbocycles. The third-order valence-electron chi connectivity index (χ3n) is 4.14. The lowest BCUT2D eigenvalue weighted by Crippen LogP contribution is -2.09. The number of aromatic nitrogens is 2. The number of para-hydroxylation sites is 1. The van der Waals surface area contributed by atoms with Crippen LogP contribution in [0.2, 0.25) is 5.02 Å². The number of sulfonamides is 1. The van der Waals surface area contributed by atoms with Gasteiger partial charge in [0.1, 0.15) is 11.3 Å². The molecule has 2 aromatic carbocycles. The standard InChI is InChI=1S/C18H16ClFN4O2S/c1-27(25,26)24-16-6-2-4-14-17(22-23-18(14)16)13(5-3-9-21)12-8-7-11(19)10-15(12)20/h2,4,6-8,10,13,24H,3,5H2,1H3,(H,22,23). The molecule has 0 spiro atoms. The zero-order valence-electron chi connectivity index (χ0n) is 14.3. The zero-order chi connectivity index (χ0) is 19.6. The smallest absolute Gasteiger partial charge is 0.229 e. The summed E-state index contributed by atoms with van der Waals surface area (Å²) in [7, 11) is -3.48. The van der Waals surface area contributed by atoms with E-state index in [-0.39, 0.29) is 11.4 Å². The first-order valence-electron chi connectivity index (χ1n) is 8.07. The van der Waals surface area contributed by atoms with Gasteiger partial charge in [-0.25, -0.2) is 12.8 Å². The Hall–Kier alpha value is -2.63. The SMILES string of the molecule is CS(=O)(=O)Nc1cccc2c(C(CCC#N)c3ccc(Cl)cc3F)[nH]nc12. The number of benzene rings is 2. The number of halogens is 2. The van der Waals surface area contributed by atoms with Crippen molar-refractivity contribution in [3.8, 4) is 6.07 Å². The van der Waals surface area contributed by atoms with Crippen molar-refractivity contribution in [2.45, 2.75) is 18.8 Å². The van der Waals surface area contributed by atoms with E-state index in [4.69, 9.17) is 16.9 Å². The van der Waals surface area contributed by atoms with Crippen LogP contribution in [0.15, 0.2) is 36.4 Å². The minimum absolute atomic E-state index is 0.217. The molecule has 27 heavy (non-hydrogen) atoms. The van der Waals surface area contributed by atoms with Crippen LogP contribution in [0.3, 0.4) is 0 Å². The van der Waals surface area contributed by atoms with E-state index in [9.17, 15) is 12.8 Å². The molecule has 0 aliphatic rings. The molecule has 1 atom stereocenters. The van der Waals surface area contributed by atoms with E-state index >= 15 is 0 Å². The minimum atomic E-state index is -3.48. The second-order valence-electron chi connectivity index (χ2n) is 6.13. The molecule has 3 rings (SSSR count). The van der Waals surface area contributed by atoms with Crippen molar-refractivity contribution < 1.29 is 12.8 Å². The topological polar surface area (TPSA) is 98.6 Å². The van der Waals surface area contributed by atoms with Crippen LogP contribution < -0.4 is 4.72 Å². The Morgan fingerprint density at radius 2 is 2.15 bits per heavy atom. The third-order valence-corrected chi connectivity index (χ3v) is 4.97. The maximum absolute atomic E-state index is 14.5. The first-order valence-corrected chi connectivity index (χ1v) is 10.3. The molecule has 0 saturated heterocycles. The molecule has 2 N–H and O–H groups in total. The summed E-state index contributed by atoms with van der Waals surface area (Å²) in [6, 6.07) is 11.5. The number of rotatable bonds is 6. The van der Waals surface area contributed by atoms with E-state index in [2.05, 4.69) is 21.0 Å². The first kappa shape index (κ1) is 19.1. The molecule has 0 aliphatic carbocycles. The molecule has 1 unspecified atom stereocenters. The summed E-state index contributed by atoms with van der Waals surface area (Å²) >= 11 is 5.85. The number of hydrogen-bond donors (Lipinski definition) is 2. The highest BCUT2D eigenvalue weighted by atomic mass is 35.5. The number of hydrogen-bond acceptors (Lipinski definition) is 4. The van der Waals surface area contributed by atoms with Gasteiger partial charge < -0.3 is 0 Å². The van der Waals surface area contributed by atoms with Gasteiger partial charge in [0, 0.05) is 22.7 Å². The van der Waals surface area contributed by atoms with Crippen LogP contribution in [0.1, 0.15) is 30.0 Å². The highest BCUT2D eigenvalue weighted by molar-refractivity contribution is 7.92. The lowest BCUT2D eigenvalue weighted by Gasteiger charge is -2.16. The summed E-state index contributed by atoms with van der Waals surface area (Å²) < 4.78 is 40.1. The van der Waals surface area contributed by atoms with E-state index in [1.807, 2.05) is 0 Å². The fourth-order valence-corrected chi connectivity index (χ4v) is 3.78. The van der Waals surface area contributed by atoms with Gasteiger partial charge in [0.15, 0.2) is 0 Å². The van der Waals surface area contributed by atoms with Gasteiger partial charge in [-0.15, -0.1) is 0 Å². The van der Waals surface area contributed by atoms with E-state index in [0.717, 1.165) is 6.26 Å². The van der Waals surface area contributed by atoms with E-state index in [0.29, 0.717) is 34.3 Å². The number of nitrogens with one attached hydrogen (secondary N) is 2. The fraction of sp³-hybridized carbons (Fsp3) is 0.222. The Morgan fingerprint density at radius 1 is 1.37 bits per heavy atom. The van der Waals surface area contributed by atoms with Crippen LogP contribution >= 0.6 is 11.6 Å². The van der Waals surface area contributed by atoms with Crippen molar-refractivity contribution in [2.75, 3.05) is 11.0 Å². The summed E-state index contributed by atoms with van der Waals surface area (Å²) in [4.78, 5) is 0. The largest absolute Gasteiger partial charge is 0.281 e. The number of aromatic amines is 1. The highest BCUT2D eigenvalue weighted by Gasteiger charge is 2.23. The molecule has 1 heterocycles. The van der Waals surface area contributed by atoms with Gasteiger partial charge in [-0.05, 0) is 30.2 Å². The van der Waals surface area contributed by atoms with Crippen molar-refractivity contribution in [1.82, 2.24) is 10.2 Å². The molecule has 9 heteroatoms. The molecule has 0 bridgehead atoms. The van der Waals surface area contributed by atoms with Crippen molar-refractivity contribution >= 4 is 38.2 Å². The molecule has 6 nitrogen and oxygen atoms in total. The average Bonchev–Trinajstić information content (AvgIpc) is 3.00. The van der Waals surface area contributed by atoms with Gasteiger partial charge in [0.2, 0.25) is 10.0 Å². The van der Waals surface area contributed by atoms with E-state index in [1.54, 1.807) is 30.3 Å². The second kappa shape index (κ2) is 7.55. The van der Waals surface area contributed by atoms with Gasteiger partial charge >= 0.3 is 0 Å². The molecule has 0 fully saturated rings. The van der Waals surface area contributed by atoms with Gasteiger partial charge in [0.25, 0.3) is 0 Å². The Kier molecular flexibility index (Phi) is 5.35. The Morgan fingerprint density at radius 3 is 2.81 bits per heavy atom. The first-order chi connectivity index (χ1) is 12.8. The second-order valence-corrected chi connectivity index (χ2v) is 8.31. The maximum Gasteiger partial charge on any atom is 0.229 e. The van der Waals surface area contributed by atoms with Crippen LogP contribution in [0.25, 0.3) is 10.9 Å². The van der Waals surface area contributed by atoms with Gasteiger partial charge in [-0.3, -0.25) is 9.82 Å². The van der Waals surface area contributed by atoms with Crippen molar-refractivity contribution in [2.24, 2.45) is 0 Å². The highest BCUT2D eigenvalue weighted by Crippen LogP contribution is 2.36. The Bertz CT molecular complexity index is 1140. The summed E-state index contributed by atoms with van der Waals surface area (Å²) in [6.07, 6.45) is 1.64. The zero-order valence-corrected chi connectivity index (χ0v) is 15.9. The molecule has 140 valence electrons. The van der Waals surface area contributed by atoms with Crippen molar-refractivity contribution in [3.63, 3.8) is 0 Å². The van der Waals surface area contributed by atoms with Crippen LogP contribution in [0.5, 0.6) is 0 Å². The van der Waals surface area contributed by atoms with Crippen molar-refractivity contribution in [1.29, 1.82) is 5.26 Å². The van der Waals surface area contributed by atoms with Gasteiger partial charge in [-0.1, -0.05) is 29.8 Å². The number of nitriles is 1. The third kappa shape index (κ3) is 4.21. The molecular weight excluding hydrogens is 391 g/mol. The molecule has 3 aromatic rings. The Labute approximate surface area is 161 Å². The van der Waals surface area contributed by atoms with Crippen LogP contribution in [0, 0.1) is 17.1 Å². The Balaban J connectivity index is 2.14. The van der Waals surface area contributed by atoms with Gasteiger partial charge in [-0.2, -0.15) is 10.4 Å². The number of fused-ring (bicyclic) bond motifs is 1. The molecule has 0 aliphatic heterocycles. The molecule has 0 amide bonds. The summed E-state index contributed by atoms with van der Waals surface area (Å²) in [5, 5.41) is 17.0. The summed E-state index contributed by atoms with van der Waals surface area (Å²) in [5.41, 5.74) is 1.75. The van der Waals surface area contributed by atoms with E-state index < -0.39 is 21.8 Å². The lowest BCUT2D eigenvalue weighted by atomic mass is 9.89. The lowest BCUT2D eigenvalue weighted by molar-refractivity contribution is 0.584. The molecule has 1 aromatic heterocycles. The van der Waals surface area contributed by atoms with Crippen LogP contribution in [-0.4, -0.2) is 24.9 Å². The molecular formula is C18H16ClFN4O2S. The quantitative estimate of drug-likeness (QED) is 0.641. The average molecular weight is 407 g/mol. The van der Waals surface area contributed by atoms with Crippen molar-refractivity contribution in [3.05, 3.63) is 58.5 Å².